The molecule has 154 valence electrons. The second kappa shape index (κ2) is 7.39. The number of benzene rings is 1. The number of aliphatic carboxylic acids is 1. The van der Waals surface area contributed by atoms with Crippen LogP contribution in [0.3, 0.4) is 0 Å². The van der Waals surface area contributed by atoms with Gasteiger partial charge in [0.05, 0.1) is 6.54 Å². The lowest BCUT2D eigenvalue weighted by Crippen LogP contribution is -2.44. The van der Waals surface area contributed by atoms with Crippen LogP contribution < -0.4 is 4.74 Å². The zero-order valence-electron chi connectivity index (χ0n) is 17.1. The molecule has 2 heterocycles. The highest BCUT2D eigenvalue weighted by Gasteiger charge is 2.49. The maximum Gasteiger partial charge on any atom is 0.411 e. The third kappa shape index (κ3) is 4.50. The summed E-state index contributed by atoms with van der Waals surface area (Å²) in [6, 6.07) is 6.66. The molecule has 2 aromatic rings. The highest BCUT2D eigenvalue weighted by molar-refractivity contribution is 5.88. The number of rotatable bonds is 4. The summed E-state index contributed by atoms with van der Waals surface area (Å²) >= 11 is 0. The Morgan fingerprint density at radius 1 is 1.34 bits per heavy atom. The van der Waals surface area contributed by atoms with Crippen LogP contribution >= 0.6 is 0 Å². The fraction of sp³-hybridized carbons (Fsp3) is 0.409. The fourth-order valence-electron chi connectivity index (χ4n) is 3.46. The molecule has 0 radical (unpaired) electrons. The van der Waals surface area contributed by atoms with Gasteiger partial charge in [-0.25, -0.2) is 14.6 Å². The summed E-state index contributed by atoms with van der Waals surface area (Å²) < 4.78 is 11.6. The lowest BCUT2D eigenvalue weighted by atomic mass is 10.0. The van der Waals surface area contributed by atoms with Gasteiger partial charge in [-0.2, -0.15) is 0 Å². The summed E-state index contributed by atoms with van der Waals surface area (Å²) in [5.41, 5.74) is -0.727. The first-order valence-electron chi connectivity index (χ1n) is 9.44. The highest BCUT2D eigenvalue weighted by Crippen LogP contribution is 2.35. The SMILES string of the molecule is C=Cc1ccc2ccnc(OC3(C)CC(C(=O)O)N(C(=O)OC(C)(C)C)C3)c2c1. The van der Waals surface area contributed by atoms with Crippen molar-refractivity contribution in [2.75, 3.05) is 6.54 Å². The van der Waals surface area contributed by atoms with Gasteiger partial charge in [-0.3, -0.25) is 4.90 Å². The van der Waals surface area contributed by atoms with E-state index in [9.17, 15) is 14.7 Å². The molecule has 1 aliphatic rings. The minimum atomic E-state index is -1.09. The number of ether oxygens (including phenoxy) is 2. The van der Waals surface area contributed by atoms with E-state index in [0.29, 0.717) is 5.88 Å². The molecule has 0 aliphatic carbocycles. The predicted octanol–water partition coefficient (Wildman–Crippen LogP) is 4.11. The normalized spacial score (nSPS) is 21.8. The fourth-order valence-corrected chi connectivity index (χ4v) is 3.46. The maximum atomic E-state index is 12.6. The Balaban J connectivity index is 1.91. The first-order valence-corrected chi connectivity index (χ1v) is 9.44. The number of hydrogen-bond acceptors (Lipinski definition) is 5. The van der Waals surface area contributed by atoms with Crippen molar-refractivity contribution in [2.24, 2.45) is 0 Å². The molecule has 29 heavy (non-hydrogen) atoms. The van der Waals surface area contributed by atoms with Crippen LogP contribution in [0.1, 0.15) is 39.7 Å². The quantitative estimate of drug-likeness (QED) is 0.834. The van der Waals surface area contributed by atoms with Gasteiger partial charge in [0.1, 0.15) is 17.2 Å². The summed E-state index contributed by atoms with van der Waals surface area (Å²) in [6.07, 6.45) is 2.83. The van der Waals surface area contributed by atoms with Gasteiger partial charge in [-0.15, -0.1) is 0 Å². The van der Waals surface area contributed by atoms with Crippen LogP contribution in [-0.4, -0.2) is 50.8 Å². The number of carboxylic acids is 1. The van der Waals surface area contributed by atoms with E-state index in [1.807, 2.05) is 24.3 Å². The topological polar surface area (TPSA) is 89.0 Å². The summed E-state index contributed by atoms with van der Waals surface area (Å²) in [4.78, 5) is 29.9. The molecular weight excluding hydrogens is 372 g/mol. The number of likely N-dealkylation sites (tertiary alicyclic amines) is 1. The van der Waals surface area contributed by atoms with Crippen molar-refractivity contribution in [3.05, 3.63) is 42.6 Å². The Labute approximate surface area is 169 Å². The number of carbonyl (C=O) groups excluding carboxylic acids is 1. The van der Waals surface area contributed by atoms with Crippen molar-refractivity contribution < 1.29 is 24.2 Å². The maximum absolute atomic E-state index is 12.6. The van der Waals surface area contributed by atoms with Crippen molar-refractivity contribution in [3.63, 3.8) is 0 Å². The largest absolute Gasteiger partial charge is 0.480 e. The molecule has 2 atom stereocenters. The van der Waals surface area contributed by atoms with E-state index in [1.165, 1.54) is 4.90 Å². The molecule has 0 spiro atoms. The monoisotopic (exact) mass is 398 g/mol. The van der Waals surface area contributed by atoms with Crippen LogP contribution in [0.4, 0.5) is 4.79 Å². The molecule has 1 amide bonds. The zero-order chi connectivity index (χ0) is 21.4. The summed E-state index contributed by atoms with van der Waals surface area (Å²) in [6.45, 7) is 10.9. The Morgan fingerprint density at radius 2 is 2.07 bits per heavy atom. The van der Waals surface area contributed by atoms with E-state index >= 15 is 0 Å². The summed E-state index contributed by atoms with van der Waals surface area (Å²) in [5.74, 6) is -0.702. The lowest BCUT2D eigenvalue weighted by molar-refractivity contribution is -0.142. The van der Waals surface area contributed by atoms with E-state index in [1.54, 1.807) is 40.0 Å². The van der Waals surface area contributed by atoms with Crippen molar-refractivity contribution in [1.29, 1.82) is 0 Å². The Bertz CT molecular complexity index is 965. The molecule has 7 nitrogen and oxygen atoms in total. The first kappa shape index (κ1) is 20.6. The molecule has 0 saturated carbocycles. The van der Waals surface area contributed by atoms with Gasteiger partial charge < -0.3 is 14.6 Å². The second-order valence-electron chi connectivity index (χ2n) is 8.52. The number of aromatic nitrogens is 1. The average Bonchev–Trinajstić information content (AvgIpc) is 2.98. The van der Waals surface area contributed by atoms with Crippen LogP contribution in [0, 0.1) is 0 Å². The first-order chi connectivity index (χ1) is 13.5. The Hall–Kier alpha value is -3.09. The van der Waals surface area contributed by atoms with Gasteiger partial charge in [0.15, 0.2) is 0 Å². The van der Waals surface area contributed by atoms with E-state index in [2.05, 4.69) is 11.6 Å². The van der Waals surface area contributed by atoms with Crippen LogP contribution in [0.25, 0.3) is 16.8 Å². The van der Waals surface area contributed by atoms with Crippen molar-refractivity contribution in [3.8, 4) is 5.88 Å². The summed E-state index contributed by atoms with van der Waals surface area (Å²) in [7, 11) is 0. The lowest BCUT2D eigenvalue weighted by Gasteiger charge is -2.28. The van der Waals surface area contributed by atoms with Crippen LogP contribution in [0.15, 0.2) is 37.0 Å². The number of carboxylic acid groups (broad SMARTS) is 1. The number of pyridine rings is 1. The number of fused-ring (bicyclic) bond motifs is 1. The van der Waals surface area contributed by atoms with Gasteiger partial charge in [-0.05, 0) is 50.8 Å². The molecular formula is C22H26N2O5. The Morgan fingerprint density at radius 3 is 2.69 bits per heavy atom. The molecule has 0 bridgehead atoms. The van der Waals surface area contributed by atoms with E-state index in [4.69, 9.17) is 9.47 Å². The molecule has 3 rings (SSSR count). The number of amides is 1. The molecule has 1 saturated heterocycles. The van der Waals surface area contributed by atoms with Gasteiger partial charge in [0, 0.05) is 18.0 Å². The molecule has 1 fully saturated rings. The molecule has 1 aromatic carbocycles. The van der Waals surface area contributed by atoms with E-state index < -0.39 is 29.3 Å². The molecule has 1 aliphatic heterocycles. The smallest absolute Gasteiger partial charge is 0.411 e. The van der Waals surface area contributed by atoms with Gasteiger partial charge in [0.2, 0.25) is 5.88 Å². The number of carbonyl (C=O) groups is 2. The highest BCUT2D eigenvalue weighted by atomic mass is 16.6. The van der Waals surface area contributed by atoms with E-state index in [0.717, 1.165) is 16.3 Å². The van der Waals surface area contributed by atoms with E-state index in [-0.39, 0.29) is 13.0 Å². The third-order valence-electron chi connectivity index (χ3n) is 4.75. The van der Waals surface area contributed by atoms with Crippen molar-refractivity contribution >= 4 is 28.9 Å². The zero-order valence-corrected chi connectivity index (χ0v) is 17.1. The second-order valence-corrected chi connectivity index (χ2v) is 8.52. The number of nitrogens with zero attached hydrogens (tertiary/aromatic N) is 2. The molecule has 7 heteroatoms. The van der Waals surface area contributed by atoms with Crippen molar-refractivity contribution in [2.45, 2.75) is 51.4 Å². The van der Waals surface area contributed by atoms with Crippen LogP contribution in [0.5, 0.6) is 5.88 Å². The standard InChI is InChI=1S/C22H26N2O5/c1-6-14-7-8-15-9-10-23-18(16(15)11-14)28-22(5)12-17(19(25)26)24(13-22)20(27)29-21(2,3)4/h6-11,17H,1,12-13H2,2-5H3,(H,25,26). The molecule has 1 aromatic heterocycles. The average molecular weight is 398 g/mol. The minimum Gasteiger partial charge on any atom is -0.480 e. The van der Waals surface area contributed by atoms with Gasteiger partial charge in [-0.1, -0.05) is 24.8 Å². The Kier molecular flexibility index (Phi) is 5.26. The summed E-state index contributed by atoms with van der Waals surface area (Å²) in [5, 5.41) is 11.4. The molecule has 2 unspecified atom stereocenters. The third-order valence-corrected chi connectivity index (χ3v) is 4.75. The molecule has 1 N–H and O–H groups in total. The van der Waals surface area contributed by atoms with Gasteiger partial charge >= 0.3 is 12.1 Å². The van der Waals surface area contributed by atoms with Gasteiger partial charge in [0.25, 0.3) is 0 Å². The van der Waals surface area contributed by atoms with Crippen LogP contribution in [-0.2, 0) is 9.53 Å². The predicted molar refractivity (Wildman–Crippen MR) is 110 cm³/mol. The van der Waals surface area contributed by atoms with Crippen molar-refractivity contribution in [1.82, 2.24) is 9.88 Å². The van der Waals surface area contributed by atoms with Crippen LogP contribution in [0.2, 0.25) is 0 Å². The minimum absolute atomic E-state index is 0.0814. The number of hydrogen-bond donors (Lipinski definition) is 1.